The molecule has 1 N–H and O–H groups in total. The minimum atomic E-state index is 0.219. The summed E-state index contributed by atoms with van der Waals surface area (Å²) in [6.07, 6.45) is 2.46. The van der Waals surface area contributed by atoms with Crippen LogP contribution < -0.4 is 5.32 Å². The van der Waals surface area contributed by atoms with Crippen LogP contribution in [0.1, 0.15) is 25.3 Å². The maximum atomic E-state index is 6.22. The maximum Gasteiger partial charge on any atom is 0.0444 e. The number of piperidine rings is 1. The van der Waals surface area contributed by atoms with E-state index in [1.54, 1.807) is 0 Å². The van der Waals surface area contributed by atoms with E-state index in [0.717, 1.165) is 18.1 Å². The van der Waals surface area contributed by atoms with Crippen LogP contribution in [0.4, 0.5) is 0 Å². The molecular formula is C12H16ClN. The van der Waals surface area contributed by atoms with Crippen LogP contribution in [0.5, 0.6) is 0 Å². The van der Waals surface area contributed by atoms with E-state index in [4.69, 9.17) is 11.6 Å². The number of hydrogen-bond donors (Lipinski definition) is 1. The van der Waals surface area contributed by atoms with Gasteiger partial charge in [-0.25, -0.2) is 0 Å². The molecule has 1 nitrogen and oxygen atoms in total. The Balaban J connectivity index is 2.32. The first-order valence-electron chi connectivity index (χ1n) is 5.18. The molecule has 1 aliphatic rings. The first kappa shape index (κ1) is 10.0. The second-order valence-corrected chi connectivity index (χ2v) is 4.73. The standard InChI is InChI=1S/C12H16ClN/c1-12(7-4-8-14-9-12)10-5-2-3-6-11(10)13/h2-3,5-6,14H,4,7-9H2,1H3. The summed E-state index contributed by atoms with van der Waals surface area (Å²) in [6, 6.07) is 8.19. The van der Waals surface area contributed by atoms with Crippen LogP contribution in [-0.4, -0.2) is 13.1 Å². The van der Waals surface area contributed by atoms with Crippen molar-refractivity contribution in [2.24, 2.45) is 0 Å². The van der Waals surface area contributed by atoms with Crippen molar-refractivity contribution in [3.63, 3.8) is 0 Å². The average molecular weight is 210 g/mol. The topological polar surface area (TPSA) is 12.0 Å². The SMILES string of the molecule is CC1(c2ccccc2Cl)CCCNC1. The predicted octanol–water partition coefficient (Wildman–Crippen LogP) is 2.98. The highest BCUT2D eigenvalue weighted by Gasteiger charge is 2.30. The van der Waals surface area contributed by atoms with Crippen molar-refractivity contribution in [2.75, 3.05) is 13.1 Å². The van der Waals surface area contributed by atoms with Gasteiger partial charge in [0.15, 0.2) is 0 Å². The Morgan fingerprint density at radius 2 is 2.14 bits per heavy atom. The van der Waals surface area contributed by atoms with Gasteiger partial charge in [-0.1, -0.05) is 36.7 Å². The van der Waals surface area contributed by atoms with E-state index >= 15 is 0 Å². The molecule has 14 heavy (non-hydrogen) atoms. The lowest BCUT2D eigenvalue weighted by Gasteiger charge is -2.35. The lowest BCUT2D eigenvalue weighted by Crippen LogP contribution is -2.41. The summed E-state index contributed by atoms with van der Waals surface area (Å²) >= 11 is 6.22. The molecule has 1 aromatic rings. The molecule has 2 rings (SSSR count). The summed E-state index contributed by atoms with van der Waals surface area (Å²) in [5.41, 5.74) is 1.50. The number of nitrogens with one attached hydrogen (secondary N) is 1. The highest BCUT2D eigenvalue weighted by atomic mass is 35.5. The number of rotatable bonds is 1. The molecule has 1 heterocycles. The van der Waals surface area contributed by atoms with E-state index in [0.29, 0.717) is 0 Å². The van der Waals surface area contributed by atoms with Gasteiger partial charge in [0.2, 0.25) is 0 Å². The molecule has 1 aromatic carbocycles. The molecule has 0 aromatic heterocycles. The Hall–Kier alpha value is -0.530. The third kappa shape index (κ3) is 1.79. The fourth-order valence-corrected chi connectivity index (χ4v) is 2.60. The third-order valence-corrected chi connectivity index (χ3v) is 3.45. The van der Waals surface area contributed by atoms with Crippen molar-refractivity contribution in [3.8, 4) is 0 Å². The van der Waals surface area contributed by atoms with E-state index in [-0.39, 0.29) is 5.41 Å². The van der Waals surface area contributed by atoms with Gasteiger partial charge in [0.1, 0.15) is 0 Å². The van der Waals surface area contributed by atoms with Gasteiger partial charge in [0.05, 0.1) is 0 Å². The molecule has 0 bridgehead atoms. The Labute approximate surface area is 90.5 Å². The van der Waals surface area contributed by atoms with Crippen molar-refractivity contribution in [1.82, 2.24) is 5.32 Å². The molecule has 0 spiro atoms. The summed E-state index contributed by atoms with van der Waals surface area (Å²) < 4.78 is 0. The van der Waals surface area contributed by atoms with Crippen molar-refractivity contribution >= 4 is 11.6 Å². The van der Waals surface area contributed by atoms with Gasteiger partial charge in [-0.15, -0.1) is 0 Å². The van der Waals surface area contributed by atoms with Crippen LogP contribution in [0.2, 0.25) is 5.02 Å². The van der Waals surface area contributed by atoms with Crippen molar-refractivity contribution in [1.29, 1.82) is 0 Å². The summed E-state index contributed by atoms with van der Waals surface area (Å²) in [5, 5.41) is 4.34. The number of benzene rings is 1. The molecule has 1 atom stereocenters. The summed E-state index contributed by atoms with van der Waals surface area (Å²) in [4.78, 5) is 0. The Bertz CT molecular complexity index is 316. The average Bonchev–Trinajstić information content (AvgIpc) is 2.19. The molecule has 1 aliphatic heterocycles. The van der Waals surface area contributed by atoms with E-state index in [9.17, 15) is 0 Å². The predicted molar refractivity (Wildman–Crippen MR) is 60.9 cm³/mol. The Morgan fingerprint density at radius 1 is 1.36 bits per heavy atom. The van der Waals surface area contributed by atoms with Gasteiger partial charge < -0.3 is 5.32 Å². The smallest absolute Gasteiger partial charge is 0.0444 e. The van der Waals surface area contributed by atoms with E-state index in [1.807, 2.05) is 12.1 Å². The highest BCUT2D eigenvalue weighted by molar-refractivity contribution is 6.31. The van der Waals surface area contributed by atoms with Crippen molar-refractivity contribution < 1.29 is 0 Å². The van der Waals surface area contributed by atoms with Gasteiger partial charge in [-0.3, -0.25) is 0 Å². The number of hydrogen-bond acceptors (Lipinski definition) is 1. The zero-order valence-corrected chi connectivity index (χ0v) is 9.27. The van der Waals surface area contributed by atoms with Crippen LogP contribution in [0.25, 0.3) is 0 Å². The minimum Gasteiger partial charge on any atom is -0.316 e. The van der Waals surface area contributed by atoms with Gasteiger partial charge in [0, 0.05) is 17.0 Å². The third-order valence-electron chi connectivity index (χ3n) is 3.12. The van der Waals surface area contributed by atoms with E-state index in [1.165, 1.54) is 18.4 Å². The van der Waals surface area contributed by atoms with Crippen molar-refractivity contribution in [2.45, 2.75) is 25.2 Å². The van der Waals surface area contributed by atoms with Crippen LogP contribution in [-0.2, 0) is 5.41 Å². The molecule has 2 heteroatoms. The quantitative estimate of drug-likeness (QED) is 0.750. The molecule has 0 amide bonds. The molecule has 0 radical (unpaired) electrons. The fourth-order valence-electron chi connectivity index (χ4n) is 2.24. The molecular weight excluding hydrogens is 194 g/mol. The van der Waals surface area contributed by atoms with Crippen LogP contribution >= 0.6 is 11.6 Å². The summed E-state index contributed by atoms with van der Waals surface area (Å²) in [7, 11) is 0. The molecule has 1 fully saturated rings. The normalized spacial score (nSPS) is 27.6. The largest absolute Gasteiger partial charge is 0.316 e. The van der Waals surface area contributed by atoms with Gasteiger partial charge >= 0.3 is 0 Å². The molecule has 1 saturated heterocycles. The Morgan fingerprint density at radius 3 is 2.79 bits per heavy atom. The number of halogens is 1. The molecule has 0 aliphatic carbocycles. The second-order valence-electron chi connectivity index (χ2n) is 4.32. The van der Waals surface area contributed by atoms with Crippen LogP contribution in [0.3, 0.4) is 0 Å². The molecule has 0 saturated carbocycles. The van der Waals surface area contributed by atoms with Crippen molar-refractivity contribution in [3.05, 3.63) is 34.9 Å². The summed E-state index contributed by atoms with van der Waals surface area (Å²) in [6.45, 7) is 4.47. The van der Waals surface area contributed by atoms with E-state index < -0.39 is 0 Å². The van der Waals surface area contributed by atoms with E-state index in [2.05, 4.69) is 24.4 Å². The summed E-state index contributed by atoms with van der Waals surface area (Å²) in [5.74, 6) is 0. The minimum absolute atomic E-state index is 0.219. The zero-order valence-electron chi connectivity index (χ0n) is 8.52. The van der Waals surface area contributed by atoms with Gasteiger partial charge in [-0.2, -0.15) is 0 Å². The molecule has 76 valence electrons. The maximum absolute atomic E-state index is 6.22. The highest BCUT2D eigenvalue weighted by Crippen LogP contribution is 2.34. The zero-order chi connectivity index (χ0) is 10.0. The first-order chi connectivity index (χ1) is 6.72. The fraction of sp³-hybridized carbons (Fsp3) is 0.500. The second kappa shape index (κ2) is 3.92. The van der Waals surface area contributed by atoms with Crippen LogP contribution in [0.15, 0.2) is 24.3 Å². The lowest BCUT2D eigenvalue weighted by molar-refractivity contribution is 0.340. The van der Waals surface area contributed by atoms with Gasteiger partial charge in [0.25, 0.3) is 0 Å². The monoisotopic (exact) mass is 209 g/mol. The first-order valence-corrected chi connectivity index (χ1v) is 5.56. The Kier molecular flexibility index (Phi) is 2.80. The van der Waals surface area contributed by atoms with Gasteiger partial charge in [-0.05, 0) is 31.0 Å². The molecule has 1 unspecified atom stereocenters. The lowest BCUT2D eigenvalue weighted by atomic mass is 9.76. The van der Waals surface area contributed by atoms with Crippen LogP contribution in [0, 0.1) is 0 Å².